The zero-order valence-corrected chi connectivity index (χ0v) is 10.9. The largest absolute Gasteiger partial charge is 0.495 e. The smallest absolute Gasteiger partial charge is 0.148 e. The van der Waals surface area contributed by atoms with Crippen molar-refractivity contribution in [2.75, 3.05) is 24.7 Å². The molecule has 3 nitrogen and oxygen atoms in total. The van der Waals surface area contributed by atoms with Crippen LogP contribution in [0.25, 0.3) is 0 Å². The Morgan fingerprint density at radius 2 is 2.28 bits per heavy atom. The van der Waals surface area contributed by atoms with Crippen molar-refractivity contribution in [3.05, 3.63) is 40.3 Å². The van der Waals surface area contributed by atoms with E-state index in [0.29, 0.717) is 23.7 Å². The second-order valence-electron chi connectivity index (χ2n) is 3.83. The summed E-state index contributed by atoms with van der Waals surface area (Å²) in [4.78, 5) is 1.27. The van der Waals surface area contributed by atoms with Gasteiger partial charge in [0.25, 0.3) is 0 Å². The minimum absolute atomic E-state index is 0.304. The van der Waals surface area contributed by atoms with Gasteiger partial charge >= 0.3 is 0 Å². The lowest BCUT2D eigenvalue weighted by Crippen LogP contribution is -2.06. The van der Waals surface area contributed by atoms with E-state index < -0.39 is 0 Å². The molecule has 96 valence electrons. The summed E-state index contributed by atoms with van der Waals surface area (Å²) in [6.07, 6.45) is 0.865. The number of halogens is 1. The maximum absolute atomic E-state index is 13.6. The zero-order chi connectivity index (χ0) is 13.0. The van der Waals surface area contributed by atoms with E-state index in [1.807, 2.05) is 11.4 Å². The predicted molar refractivity (Wildman–Crippen MR) is 73.9 cm³/mol. The maximum atomic E-state index is 13.6. The molecular formula is C13H15FN2OS. The summed E-state index contributed by atoms with van der Waals surface area (Å²) in [5, 5.41) is 5.08. The first-order valence-electron chi connectivity index (χ1n) is 5.60. The van der Waals surface area contributed by atoms with E-state index in [-0.39, 0.29) is 5.82 Å². The van der Waals surface area contributed by atoms with Gasteiger partial charge < -0.3 is 15.8 Å². The van der Waals surface area contributed by atoms with Crippen LogP contribution in [-0.4, -0.2) is 13.7 Å². The minimum Gasteiger partial charge on any atom is -0.495 e. The predicted octanol–water partition coefficient (Wildman–Crippen LogP) is 3.13. The topological polar surface area (TPSA) is 47.3 Å². The number of nitrogens with one attached hydrogen (secondary N) is 1. The Balaban J connectivity index is 2.00. The van der Waals surface area contributed by atoms with Crippen molar-refractivity contribution in [2.45, 2.75) is 6.42 Å². The Morgan fingerprint density at radius 1 is 1.44 bits per heavy atom. The Morgan fingerprint density at radius 3 is 2.94 bits per heavy atom. The van der Waals surface area contributed by atoms with Crippen molar-refractivity contribution in [3.63, 3.8) is 0 Å². The van der Waals surface area contributed by atoms with Gasteiger partial charge in [-0.2, -0.15) is 0 Å². The molecule has 3 N–H and O–H groups in total. The van der Waals surface area contributed by atoms with Gasteiger partial charge in [-0.3, -0.25) is 0 Å². The third-order valence-electron chi connectivity index (χ3n) is 2.59. The Kier molecular flexibility index (Phi) is 4.04. The molecule has 0 spiro atoms. The van der Waals surface area contributed by atoms with Crippen LogP contribution in [0.1, 0.15) is 4.88 Å². The molecule has 0 amide bonds. The molecule has 0 aliphatic rings. The van der Waals surface area contributed by atoms with Crippen molar-refractivity contribution in [1.82, 2.24) is 0 Å². The van der Waals surface area contributed by atoms with Gasteiger partial charge in [0, 0.05) is 23.6 Å². The van der Waals surface area contributed by atoms with Crippen LogP contribution in [0.3, 0.4) is 0 Å². The summed E-state index contributed by atoms with van der Waals surface area (Å²) in [6, 6.07) is 6.92. The molecule has 1 aromatic carbocycles. The number of thiophene rings is 1. The number of nitrogen functional groups attached to an aromatic ring is 1. The first-order chi connectivity index (χ1) is 8.70. The highest BCUT2D eigenvalue weighted by Crippen LogP contribution is 2.28. The van der Waals surface area contributed by atoms with E-state index in [1.54, 1.807) is 17.4 Å². The van der Waals surface area contributed by atoms with Crippen molar-refractivity contribution in [2.24, 2.45) is 0 Å². The number of rotatable bonds is 5. The number of ether oxygens (including phenoxy) is 1. The summed E-state index contributed by atoms with van der Waals surface area (Å²) in [5.74, 6) is 0.120. The third-order valence-corrected chi connectivity index (χ3v) is 3.52. The van der Waals surface area contributed by atoms with Gasteiger partial charge in [0.1, 0.15) is 11.6 Å². The molecule has 0 bridgehead atoms. The summed E-state index contributed by atoms with van der Waals surface area (Å²) in [7, 11) is 1.51. The lowest BCUT2D eigenvalue weighted by atomic mass is 10.2. The molecule has 5 heteroatoms. The van der Waals surface area contributed by atoms with E-state index in [4.69, 9.17) is 10.5 Å². The van der Waals surface area contributed by atoms with Crippen LogP contribution >= 0.6 is 11.3 Å². The SMILES string of the molecule is COc1cc(NCCc2cccs2)c(F)cc1N. The van der Waals surface area contributed by atoms with E-state index in [0.717, 1.165) is 6.42 Å². The van der Waals surface area contributed by atoms with E-state index >= 15 is 0 Å². The van der Waals surface area contributed by atoms with Crippen molar-refractivity contribution in [1.29, 1.82) is 0 Å². The number of benzene rings is 1. The van der Waals surface area contributed by atoms with E-state index in [1.165, 1.54) is 18.1 Å². The number of hydrogen-bond acceptors (Lipinski definition) is 4. The average Bonchev–Trinajstić information content (AvgIpc) is 2.85. The molecule has 1 heterocycles. The van der Waals surface area contributed by atoms with Gasteiger partial charge in [-0.15, -0.1) is 11.3 Å². The van der Waals surface area contributed by atoms with Crippen molar-refractivity contribution >= 4 is 22.7 Å². The second kappa shape index (κ2) is 5.73. The minimum atomic E-state index is -0.362. The molecule has 0 unspecified atom stereocenters. The summed E-state index contributed by atoms with van der Waals surface area (Å²) in [5.41, 5.74) is 6.33. The van der Waals surface area contributed by atoms with Crippen molar-refractivity contribution < 1.29 is 9.13 Å². The molecule has 0 aliphatic carbocycles. The molecule has 1 aromatic heterocycles. The summed E-state index contributed by atoms with van der Waals surface area (Å²) >= 11 is 1.69. The molecule has 0 saturated carbocycles. The highest BCUT2D eigenvalue weighted by Gasteiger charge is 2.07. The van der Waals surface area contributed by atoms with Crippen LogP contribution in [0.2, 0.25) is 0 Å². The molecular weight excluding hydrogens is 251 g/mol. The monoisotopic (exact) mass is 266 g/mol. The Hall–Kier alpha value is -1.75. The van der Waals surface area contributed by atoms with Gasteiger partial charge in [-0.05, 0) is 17.9 Å². The first kappa shape index (κ1) is 12.7. The highest BCUT2D eigenvalue weighted by molar-refractivity contribution is 7.09. The molecule has 2 rings (SSSR count). The van der Waals surface area contributed by atoms with Gasteiger partial charge in [0.2, 0.25) is 0 Å². The average molecular weight is 266 g/mol. The number of methoxy groups -OCH3 is 1. The van der Waals surface area contributed by atoms with Crippen LogP contribution in [0.5, 0.6) is 5.75 Å². The van der Waals surface area contributed by atoms with Crippen LogP contribution in [0.15, 0.2) is 29.6 Å². The van der Waals surface area contributed by atoms with E-state index in [9.17, 15) is 4.39 Å². The standard InChI is InChI=1S/C13H15FN2OS/c1-17-13-8-12(10(14)7-11(13)15)16-5-4-9-3-2-6-18-9/h2-3,6-8,16H,4-5,15H2,1H3. The van der Waals surface area contributed by atoms with Crippen LogP contribution in [0, 0.1) is 5.82 Å². The molecule has 0 aliphatic heterocycles. The first-order valence-corrected chi connectivity index (χ1v) is 6.48. The molecule has 0 atom stereocenters. The van der Waals surface area contributed by atoms with Crippen LogP contribution in [0.4, 0.5) is 15.8 Å². The normalized spacial score (nSPS) is 10.3. The second-order valence-corrected chi connectivity index (χ2v) is 4.86. The van der Waals surface area contributed by atoms with Gasteiger partial charge in [-0.25, -0.2) is 4.39 Å². The van der Waals surface area contributed by atoms with Crippen LogP contribution in [-0.2, 0) is 6.42 Å². The third kappa shape index (κ3) is 2.92. The number of hydrogen-bond donors (Lipinski definition) is 2. The highest BCUT2D eigenvalue weighted by atomic mass is 32.1. The fourth-order valence-corrected chi connectivity index (χ4v) is 2.37. The molecule has 18 heavy (non-hydrogen) atoms. The maximum Gasteiger partial charge on any atom is 0.148 e. The van der Waals surface area contributed by atoms with Gasteiger partial charge in [0.15, 0.2) is 0 Å². The van der Waals surface area contributed by atoms with E-state index in [2.05, 4.69) is 11.4 Å². The molecule has 2 aromatic rings. The molecule has 0 saturated heterocycles. The fourth-order valence-electron chi connectivity index (χ4n) is 1.66. The van der Waals surface area contributed by atoms with Gasteiger partial charge in [0.05, 0.1) is 18.5 Å². The quantitative estimate of drug-likeness (QED) is 0.817. The van der Waals surface area contributed by atoms with Crippen molar-refractivity contribution in [3.8, 4) is 5.75 Å². The number of anilines is 2. The lowest BCUT2D eigenvalue weighted by molar-refractivity contribution is 0.416. The molecule has 0 radical (unpaired) electrons. The Bertz CT molecular complexity index is 514. The Labute approximate surface area is 109 Å². The fraction of sp³-hybridized carbons (Fsp3) is 0.231. The summed E-state index contributed by atoms with van der Waals surface area (Å²) in [6.45, 7) is 0.671. The molecule has 0 fully saturated rings. The zero-order valence-electron chi connectivity index (χ0n) is 10.1. The summed E-state index contributed by atoms with van der Waals surface area (Å²) < 4.78 is 18.7. The lowest BCUT2D eigenvalue weighted by Gasteiger charge is -2.10. The number of nitrogens with two attached hydrogens (primary N) is 1. The van der Waals surface area contributed by atoms with Gasteiger partial charge in [-0.1, -0.05) is 6.07 Å². The van der Waals surface area contributed by atoms with Crippen LogP contribution < -0.4 is 15.8 Å².